The van der Waals surface area contributed by atoms with Crippen LogP contribution in [0.5, 0.6) is 0 Å². The fourth-order valence-electron chi connectivity index (χ4n) is 1.53. The molecular weight excluding hydrogens is 280 g/mol. The highest BCUT2D eigenvalue weighted by atomic mass is 35.5. The second-order valence-electron chi connectivity index (χ2n) is 4.35. The third kappa shape index (κ3) is 3.79. The van der Waals surface area contributed by atoms with Crippen molar-refractivity contribution in [3.63, 3.8) is 0 Å². The number of benzene rings is 1. The first-order valence-corrected chi connectivity index (χ1v) is 6.56. The van der Waals surface area contributed by atoms with E-state index in [2.05, 4.69) is 15.5 Å². The number of nitrogens with zero attached hydrogens (tertiary/aromatic N) is 2. The second-order valence-corrected chi connectivity index (χ2v) is 4.78. The first-order chi connectivity index (χ1) is 9.56. The molecule has 1 heterocycles. The lowest BCUT2D eigenvalue weighted by atomic mass is 10.2. The summed E-state index contributed by atoms with van der Waals surface area (Å²) in [5.41, 5.74) is 6.26. The van der Waals surface area contributed by atoms with Crippen molar-refractivity contribution in [3.8, 4) is 11.4 Å². The zero-order valence-corrected chi connectivity index (χ0v) is 11.7. The standard InChI is InChI=1S/C13H15ClN4O2/c1-8(15)13(19)16-7-6-11-17-12(18-20-11)9-2-4-10(14)5-3-9/h2-5,8H,6-7,15H2,1H3,(H,16,19)/t8-/m0/s1. The van der Waals surface area contributed by atoms with Crippen molar-refractivity contribution < 1.29 is 9.32 Å². The van der Waals surface area contributed by atoms with Crippen LogP contribution in [-0.2, 0) is 11.2 Å². The molecule has 1 atom stereocenters. The van der Waals surface area contributed by atoms with Crippen molar-refractivity contribution in [2.45, 2.75) is 19.4 Å². The molecule has 1 aromatic heterocycles. The Morgan fingerprint density at radius 1 is 1.45 bits per heavy atom. The summed E-state index contributed by atoms with van der Waals surface area (Å²) in [6.07, 6.45) is 0.457. The largest absolute Gasteiger partial charge is 0.354 e. The van der Waals surface area contributed by atoms with Gasteiger partial charge in [0.1, 0.15) is 0 Å². The minimum Gasteiger partial charge on any atom is -0.354 e. The zero-order valence-electron chi connectivity index (χ0n) is 11.0. The number of rotatable bonds is 5. The molecular formula is C13H15ClN4O2. The molecule has 0 spiro atoms. The molecule has 2 aromatic rings. The lowest BCUT2D eigenvalue weighted by molar-refractivity contribution is -0.121. The topological polar surface area (TPSA) is 94.0 Å². The Bertz CT molecular complexity index is 580. The average Bonchev–Trinajstić information content (AvgIpc) is 2.88. The van der Waals surface area contributed by atoms with Gasteiger partial charge in [-0.2, -0.15) is 4.98 Å². The van der Waals surface area contributed by atoms with Crippen LogP contribution in [-0.4, -0.2) is 28.6 Å². The lowest BCUT2D eigenvalue weighted by Crippen LogP contribution is -2.39. The van der Waals surface area contributed by atoms with E-state index in [1.165, 1.54) is 0 Å². The maximum atomic E-state index is 11.3. The summed E-state index contributed by atoms with van der Waals surface area (Å²) in [6, 6.07) is 6.62. The van der Waals surface area contributed by atoms with Crippen LogP contribution in [0.15, 0.2) is 28.8 Å². The number of halogens is 1. The Kier molecular flexibility index (Phi) is 4.70. The molecule has 0 radical (unpaired) electrons. The van der Waals surface area contributed by atoms with E-state index in [0.717, 1.165) is 5.56 Å². The number of nitrogens with two attached hydrogens (primary N) is 1. The first kappa shape index (κ1) is 14.5. The smallest absolute Gasteiger partial charge is 0.236 e. The molecule has 0 aliphatic heterocycles. The van der Waals surface area contributed by atoms with Crippen LogP contribution in [0.4, 0.5) is 0 Å². The van der Waals surface area contributed by atoms with Crippen LogP contribution in [0.1, 0.15) is 12.8 Å². The highest BCUT2D eigenvalue weighted by Crippen LogP contribution is 2.18. The normalized spacial score (nSPS) is 12.2. The molecule has 0 aliphatic carbocycles. The summed E-state index contributed by atoms with van der Waals surface area (Å²) in [6.45, 7) is 2.03. The predicted molar refractivity (Wildman–Crippen MR) is 75.1 cm³/mol. The van der Waals surface area contributed by atoms with Crippen molar-refractivity contribution in [1.29, 1.82) is 0 Å². The van der Waals surface area contributed by atoms with Crippen LogP contribution in [0.2, 0.25) is 5.02 Å². The van der Waals surface area contributed by atoms with E-state index in [1.807, 2.05) is 12.1 Å². The van der Waals surface area contributed by atoms with Gasteiger partial charge in [-0.15, -0.1) is 0 Å². The van der Waals surface area contributed by atoms with Crippen LogP contribution < -0.4 is 11.1 Å². The van der Waals surface area contributed by atoms with E-state index in [4.69, 9.17) is 21.9 Å². The Morgan fingerprint density at radius 2 is 2.15 bits per heavy atom. The second kappa shape index (κ2) is 6.49. The monoisotopic (exact) mass is 294 g/mol. The van der Waals surface area contributed by atoms with Gasteiger partial charge in [0.25, 0.3) is 0 Å². The molecule has 0 aliphatic rings. The highest BCUT2D eigenvalue weighted by molar-refractivity contribution is 6.30. The average molecular weight is 295 g/mol. The lowest BCUT2D eigenvalue weighted by Gasteiger charge is -2.05. The Hall–Kier alpha value is -1.92. The van der Waals surface area contributed by atoms with E-state index >= 15 is 0 Å². The number of carbonyl (C=O) groups excluding carboxylic acids is 1. The molecule has 3 N–H and O–H groups in total. The summed E-state index contributed by atoms with van der Waals surface area (Å²) in [4.78, 5) is 15.5. The molecule has 0 saturated carbocycles. The molecule has 0 bridgehead atoms. The fourth-order valence-corrected chi connectivity index (χ4v) is 1.65. The van der Waals surface area contributed by atoms with Gasteiger partial charge in [0.15, 0.2) is 0 Å². The summed E-state index contributed by atoms with van der Waals surface area (Å²) in [5.74, 6) is 0.748. The highest BCUT2D eigenvalue weighted by Gasteiger charge is 2.10. The van der Waals surface area contributed by atoms with Gasteiger partial charge in [-0.05, 0) is 31.2 Å². The molecule has 0 unspecified atom stereocenters. The molecule has 6 nitrogen and oxygen atoms in total. The van der Waals surface area contributed by atoms with Gasteiger partial charge < -0.3 is 15.6 Å². The molecule has 20 heavy (non-hydrogen) atoms. The maximum Gasteiger partial charge on any atom is 0.236 e. The quantitative estimate of drug-likeness (QED) is 0.869. The van der Waals surface area contributed by atoms with Crippen molar-refractivity contribution in [2.75, 3.05) is 6.54 Å². The minimum absolute atomic E-state index is 0.206. The third-order valence-electron chi connectivity index (χ3n) is 2.62. The van der Waals surface area contributed by atoms with Crippen LogP contribution in [0, 0.1) is 0 Å². The van der Waals surface area contributed by atoms with Gasteiger partial charge in [-0.25, -0.2) is 0 Å². The number of aromatic nitrogens is 2. The summed E-state index contributed by atoms with van der Waals surface area (Å²) < 4.78 is 5.11. The van der Waals surface area contributed by atoms with Gasteiger partial charge in [0, 0.05) is 23.6 Å². The van der Waals surface area contributed by atoms with E-state index in [1.54, 1.807) is 19.1 Å². The van der Waals surface area contributed by atoms with Gasteiger partial charge in [0.05, 0.1) is 6.04 Å². The third-order valence-corrected chi connectivity index (χ3v) is 2.87. The van der Waals surface area contributed by atoms with Gasteiger partial charge in [-0.1, -0.05) is 16.8 Å². The number of amides is 1. The van der Waals surface area contributed by atoms with Crippen LogP contribution in [0.25, 0.3) is 11.4 Å². The molecule has 0 fully saturated rings. The molecule has 1 amide bonds. The summed E-state index contributed by atoms with van der Waals surface area (Å²) in [7, 11) is 0. The summed E-state index contributed by atoms with van der Waals surface area (Å²) in [5, 5.41) is 7.21. The fraction of sp³-hybridized carbons (Fsp3) is 0.308. The number of hydrogen-bond acceptors (Lipinski definition) is 5. The van der Waals surface area contributed by atoms with Crippen LogP contribution >= 0.6 is 11.6 Å². The van der Waals surface area contributed by atoms with Crippen molar-refractivity contribution in [2.24, 2.45) is 5.73 Å². The first-order valence-electron chi connectivity index (χ1n) is 6.18. The van der Waals surface area contributed by atoms with E-state index < -0.39 is 6.04 Å². The van der Waals surface area contributed by atoms with Crippen molar-refractivity contribution in [3.05, 3.63) is 35.2 Å². The molecule has 106 valence electrons. The van der Waals surface area contributed by atoms with Gasteiger partial charge >= 0.3 is 0 Å². The maximum absolute atomic E-state index is 11.3. The Balaban J connectivity index is 1.92. The molecule has 7 heteroatoms. The molecule has 0 saturated heterocycles. The molecule has 2 rings (SSSR count). The molecule has 1 aromatic carbocycles. The van der Waals surface area contributed by atoms with Gasteiger partial charge in [-0.3, -0.25) is 4.79 Å². The number of carbonyl (C=O) groups is 1. The SMILES string of the molecule is C[C@H](N)C(=O)NCCc1nc(-c2ccc(Cl)cc2)no1. The van der Waals surface area contributed by atoms with E-state index in [0.29, 0.717) is 29.7 Å². The van der Waals surface area contributed by atoms with Crippen molar-refractivity contribution in [1.82, 2.24) is 15.5 Å². The van der Waals surface area contributed by atoms with E-state index in [-0.39, 0.29) is 5.91 Å². The zero-order chi connectivity index (χ0) is 14.5. The van der Waals surface area contributed by atoms with Crippen molar-refractivity contribution >= 4 is 17.5 Å². The summed E-state index contributed by atoms with van der Waals surface area (Å²) >= 11 is 5.81. The predicted octanol–water partition coefficient (Wildman–Crippen LogP) is 1.40. The van der Waals surface area contributed by atoms with Crippen LogP contribution in [0.3, 0.4) is 0 Å². The number of nitrogens with one attached hydrogen (secondary N) is 1. The van der Waals surface area contributed by atoms with E-state index in [9.17, 15) is 4.79 Å². The minimum atomic E-state index is -0.526. The Morgan fingerprint density at radius 3 is 2.80 bits per heavy atom. The van der Waals surface area contributed by atoms with Gasteiger partial charge in [0.2, 0.25) is 17.6 Å². The Labute approximate surface area is 121 Å². The number of hydrogen-bond donors (Lipinski definition) is 2.